The lowest BCUT2D eigenvalue weighted by Gasteiger charge is -2.23. The van der Waals surface area contributed by atoms with Crippen molar-refractivity contribution in [3.8, 4) is 0 Å². The Morgan fingerprint density at radius 2 is 2.11 bits per heavy atom. The van der Waals surface area contributed by atoms with E-state index in [0.717, 1.165) is 10.0 Å². The summed E-state index contributed by atoms with van der Waals surface area (Å²) in [6, 6.07) is 0. The van der Waals surface area contributed by atoms with E-state index in [9.17, 15) is 4.79 Å². The smallest absolute Gasteiger partial charge is 0.263 e. The zero-order chi connectivity index (χ0) is 14.0. The minimum atomic E-state index is -0.465. The van der Waals surface area contributed by atoms with Gasteiger partial charge in [0, 0.05) is 17.5 Å². The van der Waals surface area contributed by atoms with E-state index in [1.165, 1.54) is 22.7 Å². The fourth-order valence-corrected chi connectivity index (χ4v) is 3.12. The summed E-state index contributed by atoms with van der Waals surface area (Å²) in [5.74, 6) is 0.253. The van der Waals surface area contributed by atoms with Crippen molar-refractivity contribution in [2.45, 2.75) is 39.2 Å². The third kappa shape index (κ3) is 3.19. The highest BCUT2D eigenvalue weighted by Gasteiger charge is 2.26. The maximum Gasteiger partial charge on any atom is 0.263 e. The predicted octanol–water partition coefficient (Wildman–Crippen LogP) is 3.39. The largest absolute Gasteiger partial charge is 0.340 e. The molecule has 0 aliphatic rings. The summed E-state index contributed by atoms with van der Waals surface area (Å²) in [7, 11) is 0. The number of amides is 1. The summed E-state index contributed by atoms with van der Waals surface area (Å²) >= 11 is 2.99. The number of hydrogen-bond acceptors (Lipinski definition) is 5. The van der Waals surface area contributed by atoms with Crippen LogP contribution in [0.25, 0.3) is 0 Å². The summed E-state index contributed by atoms with van der Waals surface area (Å²) in [4.78, 5) is 21.4. The Bertz CT molecular complexity index is 558. The Balaban J connectivity index is 2.12. The van der Waals surface area contributed by atoms with Gasteiger partial charge in [0.2, 0.25) is 0 Å². The molecule has 0 saturated heterocycles. The van der Waals surface area contributed by atoms with Crippen LogP contribution in [0.1, 0.15) is 53.3 Å². The Labute approximate surface area is 120 Å². The van der Waals surface area contributed by atoms with Crippen molar-refractivity contribution in [1.82, 2.24) is 15.3 Å². The first-order chi connectivity index (χ1) is 8.90. The lowest BCUT2D eigenvalue weighted by atomic mass is 10.1. The summed E-state index contributed by atoms with van der Waals surface area (Å²) in [5, 5.41) is 6.80. The Kier molecular flexibility index (Phi) is 4.01. The molecule has 19 heavy (non-hydrogen) atoms. The van der Waals surface area contributed by atoms with Gasteiger partial charge in [-0.25, -0.2) is 9.97 Å². The van der Waals surface area contributed by atoms with Gasteiger partial charge in [-0.1, -0.05) is 13.8 Å². The third-order valence-electron chi connectivity index (χ3n) is 2.63. The second-order valence-corrected chi connectivity index (χ2v) is 7.09. The lowest BCUT2D eigenvalue weighted by molar-refractivity contribution is 0.0916. The summed E-state index contributed by atoms with van der Waals surface area (Å²) < 4.78 is 0. The van der Waals surface area contributed by atoms with Crippen LogP contribution < -0.4 is 5.32 Å². The third-order valence-corrected chi connectivity index (χ3v) is 5.03. The number of nitrogens with one attached hydrogen (secondary N) is 1. The number of thiazole rings is 2. The van der Waals surface area contributed by atoms with Gasteiger partial charge in [-0.05, 0) is 13.8 Å². The van der Waals surface area contributed by atoms with Gasteiger partial charge in [-0.2, -0.15) is 0 Å². The molecular formula is C13H17N3OS2. The highest BCUT2D eigenvalue weighted by atomic mass is 32.1. The topological polar surface area (TPSA) is 54.9 Å². The first-order valence-electron chi connectivity index (χ1n) is 6.08. The molecule has 0 radical (unpaired) electrons. The van der Waals surface area contributed by atoms with Crippen LogP contribution in [-0.2, 0) is 5.54 Å². The number of nitrogens with zero attached hydrogens (tertiary/aromatic N) is 2. The molecule has 0 bridgehead atoms. The van der Waals surface area contributed by atoms with Gasteiger partial charge >= 0.3 is 0 Å². The Morgan fingerprint density at radius 1 is 1.37 bits per heavy atom. The number of hydrogen-bond donors (Lipinski definition) is 1. The molecule has 4 nitrogen and oxygen atoms in total. The quantitative estimate of drug-likeness (QED) is 0.940. The van der Waals surface area contributed by atoms with E-state index < -0.39 is 5.54 Å². The number of aromatic nitrogens is 2. The van der Waals surface area contributed by atoms with Crippen LogP contribution in [0.5, 0.6) is 0 Å². The summed E-state index contributed by atoms with van der Waals surface area (Å²) in [6.07, 6.45) is 3.39. The molecule has 0 fully saturated rings. The number of carbonyl (C=O) groups is 1. The second-order valence-electron chi connectivity index (χ2n) is 5.13. The van der Waals surface area contributed by atoms with Gasteiger partial charge in [0.15, 0.2) is 0 Å². The standard InChI is InChI=1S/C13H17N3OS2/c1-8(2)11-15-7-9(19-11)10(17)16-13(3,4)12-14-5-6-18-12/h5-8H,1-4H3,(H,16,17). The molecule has 0 aliphatic carbocycles. The average molecular weight is 295 g/mol. The first kappa shape index (κ1) is 14.1. The van der Waals surface area contributed by atoms with Crippen LogP contribution in [0.3, 0.4) is 0 Å². The van der Waals surface area contributed by atoms with Crippen molar-refractivity contribution in [3.63, 3.8) is 0 Å². The molecule has 0 saturated carbocycles. The molecule has 2 rings (SSSR count). The van der Waals surface area contributed by atoms with Gasteiger partial charge in [0.05, 0.1) is 16.7 Å². The predicted molar refractivity (Wildman–Crippen MR) is 78.8 cm³/mol. The van der Waals surface area contributed by atoms with Crippen molar-refractivity contribution in [2.75, 3.05) is 0 Å². The van der Waals surface area contributed by atoms with E-state index in [4.69, 9.17) is 0 Å². The van der Waals surface area contributed by atoms with Crippen molar-refractivity contribution in [2.24, 2.45) is 0 Å². The fraction of sp³-hybridized carbons (Fsp3) is 0.462. The summed E-state index contributed by atoms with van der Waals surface area (Å²) in [5.41, 5.74) is -0.465. The van der Waals surface area contributed by atoms with E-state index >= 15 is 0 Å². The van der Waals surface area contributed by atoms with Gasteiger partial charge in [0.1, 0.15) is 9.88 Å². The van der Waals surface area contributed by atoms with Gasteiger partial charge in [0.25, 0.3) is 5.91 Å². The molecule has 2 aromatic rings. The minimum Gasteiger partial charge on any atom is -0.340 e. The monoisotopic (exact) mass is 295 g/mol. The van der Waals surface area contributed by atoms with E-state index in [1.807, 2.05) is 19.2 Å². The molecule has 0 aromatic carbocycles. The minimum absolute atomic E-state index is 0.0930. The van der Waals surface area contributed by atoms with Crippen LogP contribution in [0, 0.1) is 0 Å². The second kappa shape index (κ2) is 5.38. The molecule has 1 N–H and O–H groups in total. The van der Waals surface area contributed by atoms with Crippen LogP contribution in [-0.4, -0.2) is 15.9 Å². The Hall–Kier alpha value is -1.27. The van der Waals surface area contributed by atoms with Gasteiger partial charge in [-0.3, -0.25) is 4.79 Å². The van der Waals surface area contributed by atoms with E-state index in [1.54, 1.807) is 12.4 Å². The van der Waals surface area contributed by atoms with Crippen molar-refractivity contribution in [1.29, 1.82) is 0 Å². The van der Waals surface area contributed by atoms with Crippen molar-refractivity contribution >= 4 is 28.6 Å². The zero-order valence-electron chi connectivity index (χ0n) is 11.4. The first-order valence-corrected chi connectivity index (χ1v) is 7.78. The van der Waals surface area contributed by atoms with E-state index in [2.05, 4.69) is 29.1 Å². The summed E-state index contributed by atoms with van der Waals surface area (Å²) in [6.45, 7) is 8.04. The molecule has 0 spiro atoms. The Morgan fingerprint density at radius 3 is 2.63 bits per heavy atom. The van der Waals surface area contributed by atoms with Crippen LogP contribution >= 0.6 is 22.7 Å². The van der Waals surface area contributed by atoms with E-state index in [-0.39, 0.29) is 5.91 Å². The lowest BCUT2D eigenvalue weighted by Crippen LogP contribution is -2.40. The molecule has 0 unspecified atom stereocenters. The maximum absolute atomic E-state index is 12.2. The highest BCUT2D eigenvalue weighted by molar-refractivity contribution is 7.13. The SMILES string of the molecule is CC(C)c1ncc(C(=O)NC(C)(C)c2nccs2)s1. The maximum atomic E-state index is 12.2. The molecule has 102 valence electrons. The average Bonchev–Trinajstić information content (AvgIpc) is 3.00. The van der Waals surface area contributed by atoms with Crippen LogP contribution in [0.15, 0.2) is 17.8 Å². The van der Waals surface area contributed by atoms with Gasteiger partial charge in [-0.15, -0.1) is 22.7 Å². The van der Waals surface area contributed by atoms with Crippen molar-refractivity contribution < 1.29 is 4.79 Å². The normalized spacial score (nSPS) is 11.8. The molecule has 6 heteroatoms. The van der Waals surface area contributed by atoms with E-state index in [0.29, 0.717) is 10.8 Å². The molecule has 0 aliphatic heterocycles. The highest BCUT2D eigenvalue weighted by Crippen LogP contribution is 2.25. The van der Waals surface area contributed by atoms with Crippen LogP contribution in [0.4, 0.5) is 0 Å². The molecule has 2 aromatic heterocycles. The zero-order valence-corrected chi connectivity index (χ0v) is 13.1. The fourth-order valence-electron chi connectivity index (χ4n) is 1.59. The number of rotatable bonds is 4. The van der Waals surface area contributed by atoms with Gasteiger partial charge < -0.3 is 5.32 Å². The number of carbonyl (C=O) groups excluding carboxylic acids is 1. The van der Waals surface area contributed by atoms with Crippen LogP contribution in [0.2, 0.25) is 0 Å². The molecule has 2 heterocycles. The molecular weight excluding hydrogens is 278 g/mol. The van der Waals surface area contributed by atoms with Crippen molar-refractivity contribution in [3.05, 3.63) is 32.7 Å². The molecule has 1 amide bonds. The molecule has 0 atom stereocenters.